The topological polar surface area (TPSA) is 15.3 Å². The molecule has 0 aliphatic carbocycles. The fraction of sp³-hybridized carbons (Fsp3) is 0.625. The van der Waals surface area contributed by atoms with E-state index in [1.54, 1.807) is 0 Å². The quantitative estimate of drug-likeness (QED) is 0.882. The van der Waals surface area contributed by atoms with Crippen LogP contribution < -0.4 is 5.32 Å². The molecule has 0 saturated carbocycles. The van der Waals surface area contributed by atoms with Gasteiger partial charge in [0.05, 0.1) is 5.54 Å². The molecule has 2 rings (SSSR count). The molecule has 2 heteroatoms. The molecule has 0 spiro atoms. The molecule has 1 saturated heterocycles. The second-order valence-electron chi connectivity index (χ2n) is 5.84. The number of piperazine rings is 1. The van der Waals surface area contributed by atoms with Crippen LogP contribution in [0, 0.1) is 0 Å². The predicted molar refractivity (Wildman–Crippen MR) is 77.7 cm³/mol. The van der Waals surface area contributed by atoms with Crippen LogP contribution in [0.4, 0.5) is 0 Å². The summed E-state index contributed by atoms with van der Waals surface area (Å²) in [5.74, 6) is 0. The second-order valence-corrected chi connectivity index (χ2v) is 5.84. The molecule has 0 aromatic heterocycles. The van der Waals surface area contributed by atoms with Gasteiger partial charge in [-0.15, -0.1) is 0 Å². The molecular formula is C16H26N2. The Hall–Kier alpha value is -0.860. The Kier molecular flexibility index (Phi) is 3.79. The molecule has 1 aromatic carbocycles. The van der Waals surface area contributed by atoms with E-state index in [1.165, 1.54) is 18.4 Å². The lowest BCUT2D eigenvalue weighted by atomic mass is 9.81. The van der Waals surface area contributed by atoms with Crippen molar-refractivity contribution >= 4 is 0 Å². The fourth-order valence-corrected chi connectivity index (χ4v) is 3.02. The van der Waals surface area contributed by atoms with Gasteiger partial charge in [-0.3, -0.25) is 4.90 Å². The summed E-state index contributed by atoms with van der Waals surface area (Å²) in [6.07, 6.45) is 2.39. The molecular weight excluding hydrogens is 220 g/mol. The molecule has 1 aromatic rings. The third-order valence-electron chi connectivity index (χ3n) is 4.94. The number of likely N-dealkylation sites (N-methyl/N-ethyl adjacent to an activating group) is 1. The van der Waals surface area contributed by atoms with Crippen LogP contribution in [0.5, 0.6) is 0 Å². The van der Waals surface area contributed by atoms with Crippen molar-refractivity contribution in [1.29, 1.82) is 0 Å². The monoisotopic (exact) mass is 246 g/mol. The van der Waals surface area contributed by atoms with Crippen LogP contribution in [0.25, 0.3) is 0 Å². The predicted octanol–water partition coefficient (Wildman–Crippen LogP) is 3.00. The third kappa shape index (κ3) is 2.19. The maximum Gasteiger partial charge on any atom is 0.0555 e. The standard InChI is InChI=1S/C16H26N2/c1-5-16(6-2)13-18(4)15(3,12-17-16)14-10-8-7-9-11-14/h7-11,17H,5-6,12-13H2,1-4H3. The van der Waals surface area contributed by atoms with Crippen LogP contribution in [0.15, 0.2) is 30.3 Å². The highest BCUT2D eigenvalue weighted by Crippen LogP contribution is 2.33. The zero-order chi connectivity index (χ0) is 13.2. The molecule has 1 unspecified atom stereocenters. The molecule has 100 valence electrons. The normalized spacial score (nSPS) is 28.2. The van der Waals surface area contributed by atoms with E-state index in [1.807, 2.05) is 0 Å². The zero-order valence-corrected chi connectivity index (χ0v) is 12.2. The number of rotatable bonds is 3. The zero-order valence-electron chi connectivity index (χ0n) is 12.2. The number of nitrogens with zero attached hydrogens (tertiary/aromatic N) is 1. The SMILES string of the molecule is CCC1(CC)CN(C)C(C)(c2ccccc2)CN1. The van der Waals surface area contributed by atoms with Crippen LogP contribution in [0.1, 0.15) is 39.2 Å². The lowest BCUT2D eigenvalue weighted by molar-refractivity contribution is 0.0306. The molecule has 1 aliphatic rings. The minimum absolute atomic E-state index is 0.106. The Labute approximate surface area is 111 Å². The van der Waals surface area contributed by atoms with Gasteiger partial charge in [0.1, 0.15) is 0 Å². The van der Waals surface area contributed by atoms with Crippen molar-refractivity contribution in [1.82, 2.24) is 10.2 Å². The molecule has 1 atom stereocenters. The van der Waals surface area contributed by atoms with Gasteiger partial charge in [-0.1, -0.05) is 44.2 Å². The smallest absolute Gasteiger partial charge is 0.0555 e. The van der Waals surface area contributed by atoms with Crippen LogP contribution in [0.3, 0.4) is 0 Å². The Morgan fingerprint density at radius 1 is 1.17 bits per heavy atom. The van der Waals surface area contributed by atoms with E-state index in [0.717, 1.165) is 13.1 Å². The van der Waals surface area contributed by atoms with Gasteiger partial charge in [0.15, 0.2) is 0 Å². The third-order valence-corrected chi connectivity index (χ3v) is 4.94. The van der Waals surface area contributed by atoms with Crippen LogP contribution in [-0.2, 0) is 5.54 Å². The van der Waals surface area contributed by atoms with Gasteiger partial charge in [-0.25, -0.2) is 0 Å². The number of nitrogens with one attached hydrogen (secondary N) is 1. The number of hydrogen-bond acceptors (Lipinski definition) is 2. The fourth-order valence-electron chi connectivity index (χ4n) is 3.02. The van der Waals surface area contributed by atoms with E-state index in [0.29, 0.717) is 5.54 Å². The highest BCUT2D eigenvalue weighted by molar-refractivity contribution is 5.26. The van der Waals surface area contributed by atoms with Crippen LogP contribution in [0.2, 0.25) is 0 Å². The molecule has 1 fully saturated rings. The Morgan fingerprint density at radius 2 is 1.78 bits per heavy atom. The first kappa shape index (κ1) is 13.6. The highest BCUT2D eigenvalue weighted by Gasteiger charge is 2.42. The summed E-state index contributed by atoms with van der Waals surface area (Å²) in [5, 5.41) is 3.81. The summed E-state index contributed by atoms with van der Waals surface area (Å²) in [6.45, 7) is 9.05. The highest BCUT2D eigenvalue weighted by atomic mass is 15.3. The first-order chi connectivity index (χ1) is 8.56. The summed E-state index contributed by atoms with van der Waals surface area (Å²) in [4.78, 5) is 2.52. The molecule has 18 heavy (non-hydrogen) atoms. The van der Waals surface area contributed by atoms with Crippen molar-refractivity contribution in [3.05, 3.63) is 35.9 Å². The van der Waals surface area contributed by atoms with E-state index >= 15 is 0 Å². The second kappa shape index (κ2) is 5.02. The van der Waals surface area contributed by atoms with Crippen molar-refractivity contribution in [3.8, 4) is 0 Å². The van der Waals surface area contributed by atoms with Gasteiger partial charge in [-0.05, 0) is 32.4 Å². The first-order valence-electron chi connectivity index (χ1n) is 7.08. The molecule has 1 aliphatic heterocycles. The van der Waals surface area contributed by atoms with E-state index in [9.17, 15) is 0 Å². The average molecular weight is 246 g/mol. The lowest BCUT2D eigenvalue weighted by Crippen LogP contribution is -2.66. The summed E-state index contributed by atoms with van der Waals surface area (Å²) in [5.41, 5.74) is 1.80. The van der Waals surface area contributed by atoms with Gasteiger partial charge in [0, 0.05) is 18.6 Å². The summed E-state index contributed by atoms with van der Waals surface area (Å²) in [7, 11) is 2.26. The van der Waals surface area contributed by atoms with Crippen molar-refractivity contribution < 1.29 is 0 Å². The minimum atomic E-state index is 0.106. The summed E-state index contributed by atoms with van der Waals surface area (Å²) >= 11 is 0. The first-order valence-corrected chi connectivity index (χ1v) is 7.08. The maximum absolute atomic E-state index is 3.81. The van der Waals surface area contributed by atoms with Crippen molar-refractivity contribution in [3.63, 3.8) is 0 Å². The molecule has 1 heterocycles. The molecule has 0 bridgehead atoms. The summed E-state index contributed by atoms with van der Waals surface area (Å²) in [6, 6.07) is 10.8. The van der Waals surface area contributed by atoms with Gasteiger partial charge in [0.2, 0.25) is 0 Å². The number of benzene rings is 1. The van der Waals surface area contributed by atoms with Gasteiger partial charge in [-0.2, -0.15) is 0 Å². The number of hydrogen-bond donors (Lipinski definition) is 1. The van der Waals surface area contributed by atoms with Crippen molar-refractivity contribution in [2.45, 2.75) is 44.7 Å². The lowest BCUT2D eigenvalue weighted by Gasteiger charge is -2.52. The molecule has 1 N–H and O–H groups in total. The van der Waals surface area contributed by atoms with E-state index in [2.05, 4.69) is 68.4 Å². The van der Waals surface area contributed by atoms with E-state index < -0.39 is 0 Å². The van der Waals surface area contributed by atoms with Crippen LogP contribution >= 0.6 is 0 Å². The summed E-state index contributed by atoms with van der Waals surface area (Å²) < 4.78 is 0. The van der Waals surface area contributed by atoms with Crippen molar-refractivity contribution in [2.24, 2.45) is 0 Å². The Bertz CT molecular complexity index is 383. The van der Waals surface area contributed by atoms with Gasteiger partial charge in [0.25, 0.3) is 0 Å². The molecule has 0 radical (unpaired) electrons. The minimum Gasteiger partial charge on any atom is -0.308 e. The Morgan fingerprint density at radius 3 is 2.28 bits per heavy atom. The van der Waals surface area contributed by atoms with E-state index in [4.69, 9.17) is 0 Å². The Balaban J connectivity index is 2.24. The average Bonchev–Trinajstić information content (AvgIpc) is 2.43. The van der Waals surface area contributed by atoms with Crippen LogP contribution in [-0.4, -0.2) is 30.6 Å². The van der Waals surface area contributed by atoms with Crippen molar-refractivity contribution in [2.75, 3.05) is 20.1 Å². The van der Waals surface area contributed by atoms with E-state index in [-0.39, 0.29) is 5.54 Å². The van der Waals surface area contributed by atoms with Gasteiger partial charge >= 0.3 is 0 Å². The van der Waals surface area contributed by atoms with Gasteiger partial charge < -0.3 is 5.32 Å². The largest absolute Gasteiger partial charge is 0.308 e. The maximum atomic E-state index is 3.81. The molecule has 0 amide bonds. The molecule has 2 nitrogen and oxygen atoms in total.